The standard InChI is InChI=1S/C18H23N3O4/c1-23-14-8-9-21(15(11-14)18(22)24-2)12-17-19-16(20-25-17)10-13-6-4-3-5-7-13/h3-7,14-15H,8-12H2,1-2H3/t14-,15+/m1/s1. The fraction of sp³-hybridized carbons (Fsp3) is 0.500. The molecule has 1 aliphatic rings. The van der Waals surface area contributed by atoms with E-state index < -0.39 is 0 Å². The van der Waals surface area contributed by atoms with Gasteiger partial charge in [-0.2, -0.15) is 4.98 Å². The first-order valence-electron chi connectivity index (χ1n) is 8.39. The molecule has 0 amide bonds. The molecule has 1 aromatic carbocycles. The average Bonchev–Trinajstić information content (AvgIpc) is 3.09. The van der Waals surface area contributed by atoms with Gasteiger partial charge in [0.05, 0.1) is 19.8 Å². The van der Waals surface area contributed by atoms with Gasteiger partial charge in [-0.05, 0) is 18.4 Å². The van der Waals surface area contributed by atoms with Crippen molar-refractivity contribution in [3.8, 4) is 0 Å². The van der Waals surface area contributed by atoms with E-state index in [0.717, 1.165) is 12.0 Å². The highest BCUT2D eigenvalue weighted by atomic mass is 16.5. The first-order chi connectivity index (χ1) is 12.2. The summed E-state index contributed by atoms with van der Waals surface area (Å²) in [5.41, 5.74) is 1.13. The molecule has 0 N–H and O–H groups in total. The van der Waals surface area contributed by atoms with Crippen LogP contribution in [0.4, 0.5) is 0 Å². The van der Waals surface area contributed by atoms with Gasteiger partial charge in [-0.3, -0.25) is 9.69 Å². The summed E-state index contributed by atoms with van der Waals surface area (Å²) < 4.78 is 15.7. The van der Waals surface area contributed by atoms with Gasteiger partial charge < -0.3 is 14.0 Å². The fourth-order valence-corrected chi connectivity index (χ4v) is 3.14. The lowest BCUT2D eigenvalue weighted by Crippen LogP contribution is -2.49. The predicted octanol–water partition coefficient (Wildman–Crippen LogP) is 1.81. The number of likely N-dealkylation sites (tertiary alicyclic amines) is 1. The zero-order valence-corrected chi connectivity index (χ0v) is 14.6. The van der Waals surface area contributed by atoms with Crippen LogP contribution in [0.2, 0.25) is 0 Å². The minimum absolute atomic E-state index is 0.0664. The number of carbonyl (C=O) groups excluding carboxylic acids is 1. The first kappa shape index (κ1) is 17.6. The zero-order valence-electron chi connectivity index (χ0n) is 14.6. The van der Waals surface area contributed by atoms with Gasteiger partial charge in [-0.1, -0.05) is 35.5 Å². The predicted molar refractivity (Wildman–Crippen MR) is 89.8 cm³/mol. The van der Waals surface area contributed by atoms with E-state index in [-0.39, 0.29) is 18.1 Å². The Hall–Kier alpha value is -2.25. The van der Waals surface area contributed by atoms with Crippen LogP contribution < -0.4 is 0 Å². The Morgan fingerprint density at radius 3 is 2.84 bits per heavy atom. The van der Waals surface area contributed by atoms with Gasteiger partial charge >= 0.3 is 5.97 Å². The molecule has 1 aliphatic heterocycles. The van der Waals surface area contributed by atoms with Crippen molar-refractivity contribution in [1.29, 1.82) is 0 Å². The Bertz CT molecular complexity index is 689. The number of piperidine rings is 1. The number of nitrogens with zero attached hydrogens (tertiary/aromatic N) is 3. The Labute approximate surface area is 146 Å². The molecule has 7 nitrogen and oxygen atoms in total. The lowest BCUT2D eigenvalue weighted by atomic mass is 9.99. The number of rotatable bonds is 6. The van der Waals surface area contributed by atoms with Crippen molar-refractivity contribution in [2.24, 2.45) is 0 Å². The summed E-state index contributed by atoms with van der Waals surface area (Å²) in [6.07, 6.45) is 2.15. The van der Waals surface area contributed by atoms with E-state index in [4.69, 9.17) is 14.0 Å². The van der Waals surface area contributed by atoms with Crippen LogP contribution in [0, 0.1) is 0 Å². The number of benzene rings is 1. The van der Waals surface area contributed by atoms with Gasteiger partial charge in [0.25, 0.3) is 0 Å². The Morgan fingerprint density at radius 2 is 2.12 bits per heavy atom. The summed E-state index contributed by atoms with van der Waals surface area (Å²) in [4.78, 5) is 18.6. The number of aromatic nitrogens is 2. The molecule has 0 bridgehead atoms. The maximum absolute atomic E-state index is 12.1. The van der Waals surface area contributed by atoms with Crippen LogP contribution in [0.5, 0.6) is 0 Å². The molecule has 2 heterocycles. The van der Waals surface area contributed by atoms with Crippen LogP contribution >= 0.6 is 0 Å². The van der Waals surface area contributed by atoms with E-state index in [1.807, 2.05) is 35.2 Å². The maximum Gasteiger partial charge on any atom is 0.323 e. The first-order valence-corrected chi connectivity index (χ1v) is 8.39. The Balaban J connectivity index is 1.65. The summed E-state index contributed by atoms with van der Waals surface area (Å²) in [5.74, 6) is 0.893. The summed E-state index contributed by atoms with van der Waals surface area (Å²) in [6, 6.07) is 9.64. The molecule has 0 radical (unpaired) electrons. The van der Waals surface area contributed by atoms with Crippen LogP contribution in [0.1, 0.15) is 30.1 Å². The summed E-state index contributed by atoms with van der Waals surface area (Å²) in [6.45, 7) is 1.15. The summed E-state index contributed by atoms with van der Waals surface area (Å²) in [5, 5.41) is 4.04. The van der Waals surface area contributed by atoms with E-state index in [1.165, 1.54) is 7.11 Å². The molecule has 134 valence electrons. The molecule has 1 saturated heterocycles. The van der Waals surface area contributed by atoms with Crippen LogP contribution in [0.3, 0.4) is 0 Å². The zero-order chi connectivity index (χ0) is 17.6. The second-order valence-electron chi connectivity index (χ2n) is 6.16. The topological polar surface area (TPSA) is 77.7 Å². The number of hydrogen-bond acceptors (Lipinski definition) is 7. The van der Waals surface area contributed by atoms with Gasteiger partial charge in [-0.15, -0.1) is 0 Å². The molecule has 2 aromatic rings. The van der Waals surface area contributed by atoms with Crippen LogP contribution in [0.25, 0.3) is 0 Å². The van der Waals surface area contributed by atoms with Crippen molar-refractivity contribution >= 4 is 5.97 Å². The number of carbonyl (C=O) groups is 1. The van der Waals surface area contributed by atoms with E-state index in [9.17, 15) is 4.79 Å². The van der Waals surface area contributed by atoms with Crippen LogP contribution in [0.15, 0.2) is 34.9 Å². The minimum atomic E-state index is -0.354. The van der Waals surface area contributed by atoms with Gasteiger partial charge in [0, 0.05) is 20.1 Å². The number of methoxy groups -OCH3 is 2. The van der Waals surface area contributed by atoms with E-state index in [1.54, 1.807) is 7.11 Å². The molecule has 0 saturated carbocycles. The van der Waals surface area contributed by atoms with E-state index in [2.05, 4.69) is 10.1 Å². The molecule has 2 atom stereocenters. The van der Waals surface area contributed by atoms with Gasteiger partial charge in [0.1, 0.15) is 6.04 Å². The Morgan fingerprint density at radius 1 is 1.32 bits per heavy atom. The third-order valence-corrected chi connectivity index (χ3v) is 4.53. The maximum atomic E-state index is 12.1. The van der Waals surface area contributed by atoms with Crippen LogP contribution in [-0.2, 0) is 27.2 Å². The van der Waals surface area contributed by atoms with Crippen molar-refractivity contribution in [3.05, 3.63) is 47.6 Å². The van der Waals surface area contributed by atoms with E-state index >= 15 is 0 Å². The molecule has 0 aliphatic carbocycles. The second-order valence-corrected chi connectivity index (χ2v) is 6.16. The number of ether oxygens (including phenoxy) is 2. The third kappa shape index (κ3) is 4.43. The number of hydrogen-bond donors (Lipinski definition) is 0. The normalized spacial score (nSPS) is 21.2. The lowest BCUT2D eigenvalue weighted by Gasteiger charge is -2.36. The molecular formula is C18H23N3O4. The second kappa shape index (κ2) is 8.22. The van der Waals surface area contributed by atoms with Crippen molar-refractivity contribution in [2.75, 3.05) is 20.8 Å². The molecule has 1 aromatic heterocycles. The molecule has 0 spiro atoms. The van der Waals surface area contributed by atoms with Crippen molar-refractivity contribution in [1.82, 2.24) is 15.0 Å². The number of esters is 1. The smallest absolute Gasteiger partial charge is 0.323 e. The molecule has 25 heavy (non-hydrogen) atoms. The molecular weight excluding hydrogens is 322 g/mol. The highest BCUT2D eigenvalue weighted by molar-refractivity contribution is 5.75. The lowest BCUT2D eigenvalue weighted by molar-refractivity contribution is -0.151. The average molecular weight is 345 g/mol. The summed E-state index contributed by atoms with van der Waals surface area (Å²) in [7, 11) is 3.07. The molecule has 7 heteroatoms. The van der Waals surface area contributed by atoms with Crippen molar-refractivity contribution < 1.29 is 18.8 Å². The van der Waals surface area contributed by atoms with Crippen molar-refractivity contribution in [3.63, 3.8) is 0 Å². The summed E-state index contributed by atoms with van der Waals surface area (Å²) >= 11 is 0. The monoisotopic (exact) mass is 345 g/mol. The minimum Gasteiger partial charge on any atom is -0.468 e. The van der Waals surface area contributed by atoms with Crippen LogP contribution in [-0.4, -0.2) is 53.9 Å². The van der Waals surface area contributed by atoms with Gasteiger partial charge in [-0.25, -0.2) is 0 Å². The third-order valence-electron chi connectivity index (χ3n) is 4.53. The quantitative estimate of drug-likeness (QED) is 0.739. The highest BCUT2D eigenvalue weighted by Gasteiger charge is 2.35. The SMILES string of the molecule is COC(=O)[C@@H]1C[C@H](OC)CCN1Cc1nc(Cc2ccccc2)no1. The van der Waals surface area contributed by atoms with Crippen molar-refractivity contribution in [2.45, 2.75) is 38.0 Å². The largest absolute Gasteiger partial charge is 0.468 e. The molecule has 0 unspecified atom stereocenters. The fourth-order valence-electron chi connectivity index (χ4n) is 3.14. The van der Waals surface area contributed by atoms with Gasteiger partial charge in [0.15, 0.2) is 5.82 Å². The molecule has 3 rings (SSSR count). The molecule has 1 fully saturated rings. The van der Waals surface area contributed by atoms with Gasteiger partial charge in [0.2, 0.25) is 5.89 Å². The highest BCUT2D eigenvalue weighted by Crippen LogP contribution is 2.22. The Kier molecular flexibility index (Phi) is 5.78. The van der Waals surface area contributed by atoms with E-state index in [0.29, 0.717) is 37.6 Å².